The molecule has 8 atom stereocenters. The van der Waals surface area contributed by atoms with Gasteiger partial charge in [0.2, 0.25) is 0 Å². The van der Waals surface area contributed by atoms with Gasteiger partial charge in [-0.3, -0.25) is 9.35 Å². The van der Waals surface area contributed by atoms with E-state index >= 15 is 0 Å². The average molecular weight is 449 g/mol. The first-order chi connectivity index (χ1) is 13.6. The highest BCUT2D eigenvalue weighted by Crippen LogP contribution is 2.64. The number of hydrogen-bond acceptors (Lipinski definition) is 5. The number of rotatable bonds is 5. The molecule has 0 aromatic rings. The van der Waals surface area contributed by atoms with Gasteiger partial charge in [0.05, 0.1) is 11.4 Å². The highest BCUT2D eigenvalue weighted by atomic mass is 33.1. The molecule has 0 aromatic heterocycles. The zero-order valence-electron chi connectivity index (χ0n) is 17.1. The molecule has 3 unspecified atom stereocenters. The van der Waals surface area contributed by atoms with Gasteiger partial charge in [0, 0.05) is 16.7 Å². The topological polar surface area (TPSA) is 91.7 Å². The fourth-order valence-corrected chi connectivity index (χ4v) is 9.11. The van der Waals surface area contributed by atoms with E-state index in [1.807, 2.05) is 0 Å². The lowest BCUT2D eigenvalue weighted by atomic mass is 9.49. The van der Waals surface area contributed by atoms with Crippen molar-refractivity contribution < 1.29 is 27.3 Å². The molecule has 29 heavy (non-hydrogen) atoms. The fourth-order valence-electron chi connectivity index (χ4n) is 7.85. The second-order valence-electron chi connectivity index (χ2n) is 10.4. The number of carbonyl (C=O) groups is 1. The predicted octanol–water partition coefficient (Wildman–Crippen LogP) is 4.06. The summed E-state index contributed by atoms with van der Waals surface area (Å²) in [5.74, 6) is 2.31. The first-order valence-electron chi connectivity index (χ1n) is 11.0. The number of halogens is 1. The molecule has 0 bridgehead atoms. The Morgan fingerprint density at radius 1 is 1.07 bits per heavy atom. The van der Waals surface area contributed by atoms with Crippen LogP contribution >= 0.6 is 10.8 Å². The van der Waals surface area contributed by atoms with E-state index in [0.717, 1.165) is 44.9 Å². The third kappa shape index (κ3) is 4.03. The van der Waals surface area contributed by atoms with Gasteiger partial charge < -0.3 is 5.11 Å². The average Bonchev–Trinajstić information content (AvgIpc) is 3.02. The van der Waals surface area contributed by atoms with E-state index in [0.29, 0.717) is 53.2 Å². The normalized spacial score (nSPS) is 47.2. The van der Waals surface area contributed by atoms with Gasteiger partial charge in [-0.15, -0.1) is 0 Å². The van der Waals surface area contributed by atoms with Crippen molar-refractivity contribution in [3.63, 3.8) is 0 Å². The molecule has 166 valence electrons. The molecule has 4 fully saturated rings. The molecule has 5 nitrogen and oxygen atoms in total. The van der Waals surface area contributed by atoms with Crippen LogP contribution in [0.4, 0.5) is 4.39 Å². The van der Waals surface area contributed by atoms with Crippen LogP contribution in [0.5, 0.6) is 0 Å². The number of carbonyl (C=O) groups excluding carboxylic acids is 1. The molecule has 4 aliphatic carbocycles. The molecular weight excluding hydrogens is 415 g/mol. The third-order valence-electron chi connectivity index (χ3n) is 9.09. The first-order valence-corrected chi connectivity index (χ1v) is 13.9. The van der Waals surface area contributed by atoms with Crippen molar-refractivity contribution in [2.75, 3.05) is 12.4 Å². The predicted molar refractivity (Wildman–Crippen MR) is 111 cm³/mol. The van der Waals surface area contributed by atoms with Crippen LogP contribution < -0.4 is 0 Å². The van der Waals surface area contributed by atoms with Gasteiger partial charge in [-0.1, -0.05) is 6.92 Å². The van der Waals surface area contributed by atoms with Gasteiger partial charge in [-0.25, -0.2) is 4.39 Å². The number of Topliss-reactive ketones (excluding diaryl/α,β-unsaturated/α-hetero) is 1. The van der Waals surface area contributed by atoms with Gasteiger partial charge in [-0.2, -0.15) is 8.42 Å². The van der Waals surface area contributed by atoms with Crippen LogP contribution in [0.2, 0.25) is 0 Å². The maximum Gasteiger partial charge on any atom is 0.320 e. The monoisotopic (exact) mass is 448 g/mol. The summed E-state index contributed by atoms with van der Waals surface area (Å²) in [5.41, 5.74) is -1.20. The summed E-state index contributed by atoms with van der Waals surface area (Å²) in [6.07, 6.45) is 8.05. The molecule has 4 rings (SSSR count). The smallest absolute Gasteiger partial charge is 0.320 e. The highest BCUT2D eigenvalue weighted by Gasteiger charge is 2.59. The van der Waals surface area contributed by atoms with Crippen molar-refractivity contribution in [1.82, 2.24) is 0 Å². The van der Waals surface area contributed by atoms with Crippen LogP contribution in [0.1, 0.15) is 64.7 Å². The lowest BCUT2D eigenvalue weighted by Gasteiger charge is -2.56. The minimum Gasteiger partial charge on any atom is -0.387 e. The van der Waals surface area contributed by atoms with E-state index in [1.54, 1.807) is 0 Å². The van der Waals surface area contributed by atoms with Crippen LogP contribution in [0.15, 0.2) is 0 Å². The van der Waals surface area contributed by atoms with E-state index in [2.05, 4.69) is 6.92 Å². The van der Waals surface area contributed by atoms with Crippen molar-refractivity contribution >= 4 is 25.7 Å². The zero-order valence-corrected chi connectivity index (χ0v) is 18.7. The Kier molecular flexibility index (Phi) is 5.89. The Labute approximate surface area is 176 Å². The lowest BCUT2D eigenvalue weighted by Crippen LogP contribution is -2.52. The van der Waals surface area contributed by atoms with Crippen molar-refractivity contribution in [2.45, 2.75) is 70.3 Å². The van der Waals surface area contributed by atoms with E-state index in [9.17, 15) is 22.7 Å². The maximum atomic E-state index is 13.3. The number of ketones is 1. The quantitative estimate of drug-likeness (QED) is 0.487. The molecule has 0 aliphatic heterocycles. The van der Waals surface area contributed by atoms with Crippen molar-refractivity contribution in [3.8, 4) is 0 Å². The van der Waals surface area contributed by atoms with Gasteiger partial charge in [0.1, 0.15) is 12.5 Å². The number of fused-ring (bicyclic) bond motifs is 5. The molecule has 2 N–H and O–H groups in total. The van der Waals surface area contributed by atoms with Crippen LogP contribution in [-0.4, -0.2) is 41.9 Å². The van der Waals surface area contributed by atoms with Crippen LogP contribution in [-0.2, 0) is 13.9 Å². The lowest BCUT2D eigenvalue weighted by molar-refractivity contribution is -0.131. The largest absolute Gasteiger partial charge is 0.387 e. The second kappa shape index (κ2) is 7.75. The number of alkyl halides is 1. The number of hydrogen-bond donors (Lipinski definition) is 2. The summed E-state index contributed by atoms with van der Waals surface area (Å²) >= 11 is 0. The van der Waals surface area contributed by atoms with Crippen molar-refractivity contribution in [2.24, 2.45) is 40.9 Å². The molecule has 4 aliphatic rings. The van der Waals surface area contributed by atoms with Gasteiger partial charge >= 0.3 is 9.15 Å². The first kappa shape index (κ1) is 22.0. The Morgan fingerprint density at radius 3 is 2.48 bits per heavy atom. The van der Waals surface area contributed by atoms with Crippen LogP contribution in [0.3, 0.4) is 0 Å². The summed E-state index contributed by atoms with van der Waals surface area (Å²) in [6.45, 7) is 1.58. The van der Waals surface area contributed by atoms with Crippen LogP contribution in [0.25, 0.3) is 0 Å². The summed E-state index contributed by atoms with van der Waals surface area (Å²) in [6, 6.07) is 0. The van der Waals surface area contributed by atoms with Gasteiger partial charge in [0.25, 0.3) is 0 Å². The molecule has 0 heterocycles. The molecule has 0 saturated heterocycles. The Hall–Kier alpha value is -0.180. The van der Waals surface area contributed by atoms with Crippen LogP contribution in [0, 0.1) is 40.9 Å². The minimum atomic E-state index is -4.19. The minimum absolute atomic E-state index is 0.0459. The second-order valence-corrected chi connectivity index (χ2v) is 13.7. The fraction of sp³-hybridized carbons (Fsp3) is 0.952. The Bertz CT molecular complexity index is 758. The number of aliphatic hydroxyl groups is 1. The summed E-state index contributed by atoms with van der Waals surface area (Å²) in [4.78, 5) is 12.8. The third-order valence-corrected chi connectivity index (χ3v) is 11.0. The van der Waals surface area contributed by atoms with E-state index < -0.39 is 21.4 Å². The highest BCUT2D eigenvalue weighted by molar-refractivity contribution is 8.70. The van der Waals surface area contributed by atoms with Crippen molar-refractivity contribution in [1.29, 1.82) is 0 Å². The zero-order chi connectivity index (χ0) is 21.0. The molecule has 4 saturated carbocycles. The molecular formula is C21H33FO5S2. The summed E-state index contributed by atoms with van der Waals surface area (Å²) in [7, 11) is -3.86. The van der Waals surface area contributed by atoms with E-state index in [1.165, 1.54) is 0 Å². The Morgan fingerprint density at radius 2 is 1.79 bits per heavy atom. The molecule has 8 heteroatoms. The summed E-state index contributed by atoms with van der Waals surface area (Å²) < 4.78 is 44.3. The molecule has 0 amide bonds. The molecule has 0 aromatic carbocycles. The van der Waals surface area contributed by atoms with Crippen molar-refractivity contribution in [3.05, 3.63) is 0 Å². The summed E-state index contributed by atoms with van der Waals surface area (Å²) in [5, 5.41) is 10.4. The van der Waals surface area contributed by atoms with E-state index in [4.69, 9.17) is 4.55 Å². The van der Waals surface area contributed by atoms with Gasteiger partial charge in [-0.05, 0) is 92.8 Å². The molecule has 0 spiro atoms. The van der Waals surface area contributed by atoms with Gasteiger partial charge in [0.15, 0.2) is 0 Å². The molecule has 0 radical (unpaired) electrons. The maximum absolute atomic E-state index is 13.3. The SMILES string of the molecule is C[C@]12CCC3C(CC[C@H]4C[C@@](O)(CF)CC[C@H]34)C1CC[C@@H]2C(=O)CSS(=O)(=O)O. The Balaban J connectivity index is 1.46. The van der Waals surface area contributed by atoms with E-state index in [-0.39, 0.29) is 22.9 Å². The standard InChI is InChI=1S/C21H33FO5S2/c1-20-8-6-15-14-7-9-21(24,12-22)10-13(14)2-3-16(15)17(20)4-5-18(20)19(23)11-28-29(25,26)27/h13-18,24H,2-12H2,1H3,(H,25,26,27)/t13-,14-,15?,16?,17?,18+,20-,21+/m0/s1.